The lowest BCUT2D eigenvalue weighted by Gasteiger charge is -2.08. The summed E-state index contributed by atoms with van der Waals surface area (Å²) < 4.78 is 10.7. The number of aliphatic imine (C=N–C) groups is 1. The molecule has 3 aromatic rings. The molecule has 6 heteroatoms. The van der Waals surface area contributed by atoms with E-state index in [1.807, 2.05) is 30.3 Å². The van der Waals surface area contributed by atoms with E-state index < -0.39 is 6.10 Å². The lowest BCUT2D eigenvalue weighted by molar-refractivity contribution is 0.174. The van der Waals surface area contributed by atoms with Gasteiger partial charge < -0.3 is 14.6 Å². The normalized spacial score (nSPS) is 16.6. The average Bonchev–Trinajstić information content (AvgIpc) is 3.23. The van der Waals surface area contributed by atoms with Crippen LogP contribution in [0.4, 0.5) is 5.69 Å². The van der Waals surface area contributed by atoms with E-state index in [1.54, 1.807) is 24.4 Å². The third-order valence-corrected chi connectivity index (χ3v) is 5.19. The summed E-state index contributed by atoms with van der Waals surface area (Å²) >= 11 is 12.4. The minimum absolute atomic E-state index is 0.231. The summed E-state index contributed by atoms with van der Waals surface area (Å²) in [7, 11) is 0. The molecule has 2 aliphatic rings. The van der Waals surface area contributed by atoms with Crippen molar-refractivity contribution in [2.75, 3.05) is 6.79 Å². The number of nitrogens with zero attached hydrogens (tertiary/aromatic N) is 1. The topological polar surface area (TPSA) is 51.1 Å². The first-order valence-corrected chi connectivity index (χ1v) is 9.11. The number of benzene rings is 3. The predicted octanol–water partition coefficient (Wildman–Crippen LogP) is 5.53. The molecule has 3 aromatic carbocycles. The van der Waals surface area contributed by atoms with Crippen LogP contribution in [0, 0.1) is 0 Å². The summed E-state index contributed by atoms with van der Waals surface area (Å²) in [5, 5.41) is 11.8. The zero-order valence-corrected chi connectivity index (χ0v) is 15.5. The van der Waals surface area contributed by atoms with Crippen molar-refractivity contribution in [2.24, 2.45) is 4.99 Å². The van der Waals surface area contributed by atoms with Gasteiger partial charge >= 0.3 is 0 Å². The molecule has 0 bridgehead atoms. The van der Waals surface area contributed by atoms with E-state index in [-0.39, 0.29) is 6.79 Å². The van der Waals surface area contributed by atoms with Crippen molar-refractivity contribution in [3.63, 3.8) is 0 Å². The third-order valence-electron chi connectivity index (χ3n) is 4.73. The number of halogens is 2. The van der Waals surface area contributed by atoms with E-state index in [0.29, 0.717) is 21.5 Å². The molecule has 1 N–H and O–H groups in total. The second-order valence-corrected chi connectivity index (χ2v) is 7.27. The highest BCUT2D eigenvalue weighted by Crippen LogP contribution is 2.49. The zero-order chi connectivity index (χ0) is 18.5. The van der Waals surface area contributed by atoms with Crippen LogP contribution >= 0.6 is 23.2 Å². The number of aliphatic hydroxyl groups excluding tert-OH is 1. The highest BCUT2D eigenvalue weighted by atomic mass is 35.5. The van der Waals surface area contributed by atoms with Crippen LogP contribution in [0.25, 0.3) is 11.1 Å². The Bertz CT molecular complexity index is 1110. The monoisotopic (exact) mass is 397 g/mol. The van der Waals surface area contributed by atoms with Gasteiger partial charge in [-0.15, -0.1) is 0 Å². The summed E-state index contributed by atoms with van der Waals surface area (Å²) in [5.41, 5.74) is 4.85. The van der Waals surface area contributed by atoms with Crippen LogP contribution in [0.1, 0.15) is 22.8 Å². The van der Waals surface area contributed by atoms with Crippen LogP contribution in [0.5, 0.6) is 11.5 Å². The fourth-order valence-corrected chi connectivity index (χ4v) is 3.92. The van der Waals surface area contributed by atoms with Crippen molar-refractivity contribution in [3.8, 4) is 22.6 Å². The van der Waals surface area contributed by atoms with Crippen LogP contribution < -0.4 is 9.47 Å². The van der Waals surface area contributed by atoms with Gasteiger partial charge in [0.05, 0.1) is 5.69 Å². The molecule has 0 spiro atoms. The minimum Gasteiger partial charge on any atom is -0.454 e. The van der Waals surface area contributed by atoms with E-state index in [1.165, 1.54) is 0 Å². The Morgan fingerprint density at radius 1 is 0.926 bits per heavy atom. The molecule has 5 rings (SSSR count). The summed E-state index contributed by atoms with van der Waals surface area (Å²) in [6.07, 6.45) is 0.973. The Hall–Kier alpha value is -2.53. The number of hydrogen-bond acceptors (Lipinski definition) is 4. The molecule has 1 heterocycles. The van der Waals surface area contributed by atoms with Crippen LogP contribution in [-0.4, -0.2) is 18.1 Å². The molecule has 0 aromatic heterocycles. The molecular weight excluding hydrogens is 385 g/mol. The van der Waals surface area contributed by atoms with E-state index in [2.05, 4.69) is 4.99 Å². The standard InChI is InChI=1S/C21H13Cl2NO3/c22-12-2-3-14-15(6-12)21(25)16-7-13(23)8-17(20(14)16)24-9-11-1-4-18-19(5-11)27-10-26-18/h1-9,21,25H,10H2/t21-/m1/s1. The lowest BCUT2D eigenvalue weighted by Crippen LogP contribution is -1.93. The number of hydrogen-bond donors (Lipinski definition) is 1. The fraction of sp³-hybridized carbons (Fsp3) is 0.0952. The van der Waals surface area contributed by atoms with Crippen LogP contribution in [-0.2, 0) is 0 Å². The van der Waals surface area contributed by atoms with Crippen LogP contribution in [0.2, 0.25) is 10.0 Å². The number of ether oxygens (including phenoxy) is 2. The Kier molecular flexibility index (Phi) is 3.86. The van der Waals surface area contributed by atoms with Crippen molar-refractivity contribution >= 4 is 35.1 Å². The molecule has 0 amide bonds. The smallest absolute Gasteiger partial charge is 0.231 e. The first-order chi connectivity index (χ1) is 13.1. The quantitative estimate of drug-likeness (QED) is 0.577. The number of fused-ring (bicyclic) bond motifs is 4. The van der Waals surface area contributed by atoms with Gasteiger partial charge in [-0.25, -0.2) is 0 Å². The first-order valence-electron chi connectivity index (χ1n) is 8.35. The molecule has 0 radical (unpaired) electrons. The molecule has 134 valence electrons. The Morgan fingerprint density at radius 2 is 1.74 bits per heavy atom. The molecular formula is C21H13Cl2NO3. The van der Waals surface area contributed by atoms with Crippen LogP contribution in [0.3, 0.4) is 0 Å². The van der Waals surface area contributed by atoms with Gasteiger partial charge in [0.1, 0.15) is 6.10 Å². The maximum absolute atomic E-state index is 10.7. The highest BCUT2D eigenvalue weighted by molar-refractivity contribution is 6.31. The van der Waals surface area contributed by atoms with Gasteiger partial charge in [-0.1, -0.05) is 29.3 Å². The lowest BCUT2D eigenvalue weighted by atomic mass is 10.0. The van der Waals surface area contributed by atoms with E-state index in [4.69, 9.17) is 32.7 Å². The maximum Gasteiger partial charge on any atom is 0.231 e. The van der Waals surface area contributed by atoms with E-state index in [0.717, 1.165) is 33.6 Å². The van der Waals surface area contributed by atoms with Gasteiger partial charge in [0.25, 0.3) is 0 Å². The van der Waals surface area contributed by atoms with Crippen molar-refractivity contribution in [1.29, 1.82) is 0 Å². The van der Waals surface area contributed by atoms with Gasteiger partial charge in [0, 0.05) is 21.8 Å². The molecule has 1 aliphatic carbocycles. The number of rotatable bonds is 2. The molecule has 0 fully saturated rings. The van der Waals surface area contributed by atoms with Crippen molar-refractivity contribution in [3.05, 3.63) is 75.3 Å². The van der Waals surface area contributed by atoms with Gasteiger partial charge in [-0.3, -0.25) is 4.99 Å². The second-order valence-electron chi connectivity index (χ2n) is 6.39. The Balaban J connectivity index is 1.60. The van der Waals surface area contributed by atoms with Gasteiger partial charge in [0.2, 0.25) is 6.79 Å². The van der Waals surface area contributed by atoms with E-state index in [9.17, 15) is 5.11 Å². The summed E-state index contributed by atoms with van der Waals surface area (Å²) in [6.45, 7) is 0.231. The van der Waals surface area contributed by atoms with Crippen molar-refractivity contribution in [1.82, 2.24) is 0 Å². The van der Waals surface area contributed by atoms with Gasteiger partial charge in [0.15, 0.2) is 11.5 Å². The summed E-state index contributed by atoms with van der Waals surface area (Å²) in [4.78, 5) is 4.64. The van der Waals surface area contributed by atoms with Crippen LogP contribution in [0.15, 0.2) is 53.5 Å². The number of aliphatic hydroxyl groups is 1. The van der Waals surface area contributed by atoms with Crippen molar-refractivity contribution in [2.45, 2.75) is 6.10 Å². The average molecular weight is 398 g/mol. The highest BCUT2D eigenvalue weighted by Gasteiger charge is 2.30. The molecule has 1 atom stereocenters. The van der Waals surface area contributed by atoms with Gasteiger partial charge in [-0.05, 0) is 64.7 Å². The van der Waals surface area contributed by atoms with Crippen molar-refractivity contribution < 1.29 is 14.6 Å². The second kappa shape index (κ2) is 6.27. The first kappa shape index (κ1) is 16.6. The summed E-state index contributed by atoms with van der Waals surface area (Å²) in [5.74, 6) is 1.43. The molecule has 1 aliphatic heterocycles. The predicted molar refractivity (Wildman–Crippen MR) is 106 cm³/mol. The molecule has 4 nitrogen and oxygen atoms in total. The SMILES string of the molecule is O[C@@H]1c2cc(Cl)ccc2-c2c(N=Cc3ccc4c(c3)OCO4)cc(Cl)cc21. The molecule has 0 saturated heterocycles. The third kappa shape index (κ3) is 2.77. The minimum atomic E-state index is -0.771. The fourth-order valence-electron chi connectivity index (χ4n) is 3.52. The molecule has 27 heavy (non-hydrogen) atoms. The molecule has 0 unspecified atom stereocenters. The maximum atomic E-state index is 10.7. The van der Waals surface area contributed by atoms with Gasteiger partial charge in [-0.2, -0.15) is 0 Å². The zero-order valence-electron chi connectivity index (χ0n) is 13.9. The van der Waals surface area contributed by atoms with E-state index >= 15 is 0 Å². The Labute approximate surface area is 165 Å². The largest absolute Gasteiger partial charge is 0.454 e. The Morgan fingerprint density at radius 3 is 2.63 bits per heavy atom. The summed E-state index contributed by atoms with van der Waals surface area (Å²) in [6, 6.07) is 14.7. The molecule has 0 saturated carbocycles.